The molecule has 2 aromatic rings. The molecule has 84 valence electrons. The van der Waals surface area contributed by atoms with Crippen LogP contribution in [-0.4, -0.2) is 27.6 Å². The van der Waals surface area contributed by atoms with Crippen LogP contribution >= 0.6 is 0 Å². The van der Waals surface area contributed by atoms with Crippen molar-refractivity contribution >= 4 is 17.0 Å². The van der Waals surface area contributed by atoms with E-state index in [1.807, 2.05) is 4.57 Å². The largest absolute Gasteiger partial charge is 0.464 e. The minimum atomic E-state index is -0.425. The number of ether oxygens (including phenoxy) is 1. The molecule has 2 rings (SSSR count). The lowest BCUT2D eigenvalue weighted by atomic mass is 10.3. The summed E-state index contributed by atoms with van der Waals surface area (Å²) >= 11 is 0. The highest BCUT2D eigenvalue weighted by Gasteiger charge is 2.10. The Labute approximate surface area is 93.1 Å². The summed E-state index contributed by atoms with van der Waals surface area (Å²) in [5, 5.41) is 0. The van der Waals surface area contributed by atoms with Gasteiger partial charge in [-0.15, -0.1) is 0 Å². The molecule has 0 bridgehead atoms. The van der Waals surface area contributed by atoms with Crippen LogP contribution in [0.5, 0.6) is 0 Å². The van der Waals surface area contributed by atoms with E-state index in [-0.39, 0.29) is 0 Å². The van der Waals surface area contributed by atoms with Gasteiger partial charge >= 0.3 is 5.97 Å². The van der Waals surface area contributed by atoms with E-state index < -0.39 is 5.97 Å². The number of carbonyl (C=O) groups is 1. The number of carbonyl (C=O) groups excluding carboxylic acids is 1. The Hall–Kier alpha value is -1.91. The summed E-state index contributed by atoms with van der Waals surface area (Å²) in [6.07, 6.45) is 4.37. The number of rotatable bonds is 3. The van der Waals surface area contributed by atoms with Crippen molar-refractivity contribution in [1.82, 2.24) is 14.5 Å². The monoisotopic (exact) mass is 219 g/mol. The van der Waals surface area contributed by atoms with Crippen LogP contribution in [0.1, 0.15) is 23.8 Å². The first-order chi connectivity index (χ1) is 7.76. The van der Waals surface area contributed by atoms with Gasteiger partial charge in [0.1, 0.15) is 5.52 Å². The first-order valence-corrected chi connectivity index (χ1v) is 5.15. The van der Waals surface area contributed by atoms with Crippen molar-refractivity contribution in [2.75, 3.05) is 7.11 Å². The van der Waals surface area contributed by atoms with Gasteiger partial charge in [-0.3, -0.25) is 0 Å². The second-order valence-electron chi connectivity index (χ2n) is 3.49. The van der Waals surface area contributed by atoms with E-state index in [1.165, 1.54) is 7.11 Å². The van der Waals surface area contributed by atoms with Crippen molar-refractivity contribution in [3.05, 3.63) is 24.3 Å². The summed E-state index contributed by atoms with van der Waals surface area (Å²) in [5.74, 6) is -0.425. The van der Waals surface area contributed by atoms with Crippen LogP contribution in [0.25, 0.3) is 11.0 Å². The fourth-order valence-corrected chi connectivity index (χ4v) is 1.60. The number of hydrogen-bond donors (Lipinski definition) is 0. The lowest BCUT2D eigenvalue weighted by molar-refractivity contribution is 0.0594. The molecule has 0 fully saturated rings. The normalized spacial score (nSPS) is 10.6. The zero-order valence-electron chi connectivity index (χ0n) is 9.30. The lowest BCUT2D eigenvalue weighted by Gasteiger charge is -2.02. The molecule has 0 aliphatic rings. The molecule has 0 N–H and O–H groups in total. The Bertz CT molecular complexity index is 519. The molecule has 0 spiro atoms. The van der Waals surface area contributed by atoms with Crippen molar-refractivity contribution in [1.29, 1.82) is 0 Å². The van der Waals surface area contributed by atoms with E-state index in [0.717, 1.165) is 24.0 Å². The number of pyridine rings is 1. The van der Waals surface area contributed by atoms with Gasteiger partial charge in [0.2, 0.25) is 0 Å². The van der Waals surface area contributed by atoms with Crippen LogP contribution in [0.3, 0.4) is 0 Å². The Kier molecular flexibility index (Phi) is 2.85. The second kappa shape index (κ2) is 4.30. The maximum atomic E-state index is 11.3. The highest BCUT2D eigenvalue weighted by atomic mass is 16.5. The van der Waals surface area contributed by atoms with Gasteiger partial charge < -0.3 is 9.30 Å². The van der Waals surface area contributed by atoms with Gasteiger partial charge in [-0.05, 0) is 12.5 Å². The summed E-state index contributed by atoms with van der Waals surface area (Å²) in [7, 11) is 1.34. The molecule has 0 radical (unpaired) electrons. The van der Waals surface area contributed by atoms with E-state index in [1.54, 1.807) is 18.6 Å². The van der Waals surface area contributed by atoms with Crippen molar-refractivity contribution in [3.8, 4) is 0 Å². The third kappa shape index (κ3) is 1.76. The van der Waals surface area contributed by atoms with Gasteiger partial charge in [-0.2, -0.15) is 0 Å². The molecule has 0 amide bonds. The highest BCUT2D eigenvalue weighted by molar-refractivity contribution is 5.91. The molecule has 0 aliphatic heterocycles. The zero-order chi connectivity index (χ0) is 11.5. The average Bonchev–Trinajstić information content (AvgIpc) is 2.71. The summed E-state index contributed by atoms with van der Waals surface area (Å²) < 4.78 is 6.63. The molecule has 0 saturated carbocycles. The highest BCUT2D eigenvalue weighted by Crippen LogP contribution is 2.13. The smallest absolute Gasteiger partial charge is 0.356 e. The summed E-state index contributed by atoms with van der Waals surface area (Å²) in [6, 6.07) is 1.71. The molecule has 5 heteroatoms. The SMILES string of the molecule is CCCn1cnc2cnc(C(=O)OC)cc21. The maximum Gasteiger partial charge on any atom is 0.356 e. The van der Waals surface area contributed by atoms with E-state index in [0.29, 0.717) is 5.69 Å². The van der Waals surface area contributed by atoms with Gasteiger partial charge in [0.25, 0.3) is 0 Å². The number of imidazole rings is 1. The molecular weight excluding hydrogens is 206 g/mol. The Morgan fingerprint density at radius 2 is 2.31 bits per heavy atom. The molecular formula is C11H13N3O2. The predicted octanol–water partition coefficient (Wildman–Crippen LogP) is 1.63. The Morgan fingerprint density at radius 1 is 1.50 bits per heavy atom. The average molecular weight is 219 g/mol. The van der Waals surface area contributed by atoms with Crippen LogP contribution < -0.4 is 0 Å². The Balaban J connectivity index is 2.49. The molecule has 2 heterocycles. The summed E-state index contributed by atoms with van der Waals surface area (Å²) in [6.45, 7) is 2.97. The van der Waals surface area contributed by atoms with Gasteiger partial charge in [-0.1, -0.05) is 6.92 Å². The summed E-state index contributed by atoms with van der Waals surface area (Å²) in [4.78, 5) is 19.5. The van der Waals surface area contributed by atoms with Crippen LogP contribution in [0, 0.1) is 0 Å². The third-order valence-corrected chi connectivity index (χ3v) is 2.37. The molecule has 2 aromatic heterocycles. The van der Waals surface area contributed by atoms with Crippen molar-refractivity contribution in [2.24, 2.45) is 0 Å². The van der Waals surface area contributed by atoms with Crippen LogP contribution in [0.2, 0.25) is 0 Å². The zero-order valence-corrected chi connectivity index (χ0v) is 9.30. The van der Waals surface area contributed by atoms with Crippen LogP contribution in [0.15, 0.2) is 18.6 Å². The Morgan fingerprint density at radius 3 is 3.00 bits per heavy atom. The van der Waals surface area contributed by atoms with E-state index in [9.17, 15) is 4.79 Å². The first kappa shape index (κ1) is 10.6. The number of aromatic nitrogens is 3. The third-order valence-electron chi connectivity index (χ3n) is 2.37. The minimum Gasteiger partial charge on any atom is -0.464 e. The van der Waals surface area contributed by atoms with Crippen molar-refractivity contribution in [3.63, 3.8) is 0 Å². The molecule has 0 aromatic carbocycles. The van der Waals surface area contributed by atoms with E-state index >= 15 is 0 Å². The standard InChI is InChI=1S/C11H13N3O2/c1-3-4-14-7-13-9-6-12-8(5-10(9)14)11(15)16-2/h5-7H,3-4H2,1-2H3. The lowest BCUT2D eigenvalue weighted by Crippen LogP contribution is -2.04. The molecule has 0 atom stereocenters. The molecule has 16 heavy (non-hydrogen) atoms. The second-order valence-corrected chi connectivity index (χ2v) is 3.49. The van der Waals surface area contributed by atoms with Crippen LogP contribution in [0.4, 0.5) is 0 Å². The molecule has 5 nitrogen and oxygen atoms in total. The van der Waals surface area contributed by atoms with E-state index in [4.69, 9.17) is 0 Å². The predicted molar refractivity (Wildman–Crippen MR) is 59.2 cm³/mol. The number of hydrogen-bond acceptors (Lipinski definition) is 4. The fourth-order valence-electron chi connectivity index (χ4n) is 1.60. The topological polar surface area (TPSA) is 57.0 Å². The number of esters is 1. The molecule has 0 saturated heterocycles. The maximum absolute atomic E-state index is 11.3. The van der Waals surface area contributed by atoms with Crippen molar-refractivity contribution < 1.29 is 9.53 Å². The summed E-state index contributed by atoms with van der Waals surface area (Å²) in [5.41, 5.74) is 2.02. The molecule has 0 aliphatic carbocycles. The van der Waals surface area contributed by atoms with Crippen LogP contribution in [-0.2, 0) is 11.3 Å². The van der Waals surface area contributed by atoms with Gasteiger partial charge in [-0.25, -0.2) is 14.8 Å². The minimum absolute atomic E-state index is 0.313. The fraction of sp³-hybridized carbons (Fsp3) is 0.364. The number of methoxy groups -OCH3 is 1. The number of aryl methyl sites for hydroxylation is 1. The quantitative estimate of drug-likeness (QED) is 0.736. The molecule has 0 unspecified atom stereocenters. The van der Waals surface area contributed by atoms with Gasteiger partial charge in [0, 0.05) is 6.54 Å². The number of fused-ring (bicyclic) bond motifs is 1. The van der Waals surface area contributed by atoms with Gasteiger partial charge in [0.15, 0.2) is 5.69 Å². The van der Waals surface area contributed by atoms with Crippen molar-refractivity contribution in [2.45, 2.75) is 19.9 Å². The van der Waals surface area contributed by atoms with E-state index in [2.05, 4.69) is 21.6 Å². The number of nitrogens with zero attached hydrogens (tertiary/aromatic N) is 3. The van der Waals surface area contributed by atoms with Gasteiger partial charge in [0.05, 0.1) is 25.2 Å². The first-order valence-electron chi connectivity index (χ1n) is 5.15.